The number of aromatic amines is 1. The second-order valence-electron chi connectivity index (χ2n) is 6.90. The Balaban J connectivity index is 0.000000248. The summed E-state index contributed by atoms with van der Waals surface area (Å²) in [6.07, 6.45) is -0.995. The van der Waals surface area contributed by atoms with Crippen LogP contribution in [-0.2, 0) is 16.0 Å². The Bertz CT molecular complexity index is 894. The summed E-state index contributed by atoms with van der Waals surface area (Å²) in [4.78, 5) is 7.07. The molecule has 5 unspecified atom stereocenters. The zero-order valence-electron chi connectivity index (χ0n) is 17.0. The third kappa shape index (κ3) is 5.77. The number of hydrogen-bond acceptors (Lipinski definition) is 9. The molecule has 5 N–H and O–H groups in total. The summed E-state index contributed by atoms with van der Waals surface area (Å²) >= 11 is 5.61. The Morgan fingerprint density at radius 3 is 2.81 bits per heavy atom. The molecule has 0 bridgehead atoms. The molecule has 5 atom stereocenters. The molecule has 12 heteroatoms. The van der Waals surface area contributed by atoms with Crippen LogP contribution >= 0.6 is 11.6 Å². The van der Waals surface area contributed by atoms with Gasteiger partial charge >= 0.3 is 0 Å². The van der Waals surface area contributed by atoms with E-state index in [1.165, 1.54) is 4.68 Å². The lowest BCUT2D eigenvalue weighted by atomic mass is 9.97. The fourth-order valence-corrected chi connectivity index (χ4v) is 3.34. The third-order valence-corrected chi connectivity index (χ3v) is 4.91. The van der Waals surface area contributed by atoms with Gasteiger partial charge in [-0.25, -0.2) is 9.67 Å². The van der Waals surface area contributed by atoms with Crippen molar-refractivity contribution in [1.29, 1.82) is 0 Å². The highest BCUT2D eigenvalue weighted by Crippen LogP contribution is 2.30. The number of hydrogen-bond donors (Lipinski definition) is 5. The van der Waals surface area contributed by atoms with Crippen LogP contribution in [0.1, 0.15) is 11.7 Å². The number of ether oxygens (including phenoxy) is 2. The quantitative estimate of drug-likeness (QED) is 0.305. The normalized spacial score (nSPS) is 25.9. The summed E-state index contributed by atoms with van der Waals surface area (Å²) in [6.45, 7) is 0.272. The summed E-state index contributed by atoms with van der Waals surface area (Å²) in [7, 11) is 1.78. The molecule has 0 amide bonds. The molecule has 4 rings (SSSR count). The summed E-state index contributed by atoms with van der Waals surface area (Å²) in [5.41, 5.74) is 2.79. The van der Waals surface area contributed by atoms with Crippen LogP contribution in [0.25, 0.3) is 11.0 Å². The second kappa shape index (κ2) is 11.5. The predicted molar refractivity (Wildman–Crippen MR) is 112 cm³/mol. The maximum atomic E-state index is 10.3. The van der Waals surface area contributed by atoms with Gasteiger partial charge in [-0.15, -0.1) is 16.7 Å². The van der Waals surface area contributed by atoms with Crippen molar-refractivity contribution in [3.8, 4) is 0 Å². The van der Waals surface area contributed by atoms with Gasteiger partial charge in [0.2, 0.25) is 0 Å². The van der Waals surface area contributed by atoms with Crippen molar-refractivity contribution < 1.29 is 24.8 Å². The molecular weight excluding hydrogens is 428 g/mol. The maximum Gasteiger partial charge on any atom is 0.183 e. The zero-order valence-corrected chi connectivity index (χ0v) is 17.8. The van der Waals surface area contributed by atoms with E-state index < -0.39 is 37.3 Å². The fourth-order valence-electron chi connectivity index (χ4n) is 3.25. The van der Waals surface area contributed by atoms with Crippen molar-refractivity contribution in [2.75, 3.05) is 26.1 Å². The van der Waals surface area contributed by atoms with E-state index in [-0.39, 0.29) is 12.5 Å². The molecule has 11 nitrogen and oxygen atoms in total. The number of aliphatic hydroxyl groups is 3. The van der Waals surface area contributed by atoms with Crippen molar-refractivity contribution in [1.82, 2.24) is 30.3 Å². The smallest absolute Gasteiger partial charge is 0.183 e. The number of halogens is 1. The number of imidazole rings is 1. The van der Waals surface area contributed by atoms with Crippen LogP contribution in [0.15, 0.2) is 36.8 Å². The van der Waals surface area contributed by atoms with Crippen LogP contribution < -0.4 is 5.32 Å². The maximum absolute atomic E-state index is 10.3. The number of fused-ring (bicyclic) bond motifs is 1. The highest BCUT2D eigenvalue weighted by Gasteiger charge is 2.46. The average Bonchev–Trinajstić information content (AvgIpc) is 3.44. The standard InChI is InChI=1S/C12H21ClN4O5.C7H6N2/c1-14-4-7-5-17(16-15-7)9-11(20)10(19)8(6-18)22-12(9)21-3-2-13;1-2-4-7-6(3-1)8-5-9-7/h5,8-12,14,18-20H,2-4,6H2,1H3;1-5H,(H,8,9). The van der Waals surface area contributed by atoms with Gasteiger partial charge in [-0.3, -0.25) is 0 Å². The molecule has 0 spiro atoms. The predicted octanol–water partition coefficient (Wildman–Crippen LogP) is -0.204. The Hall–Kier alpha value is -2.12. The van der Waals surface area contributed by atoms with E-state index >= 15 is 0 Å². The molecule has 170 valence electrons. The summed E-state index contributed by atoms with van der Waals surface area (Å²) < 4.78 is 12.4. The van der Waals surface area contributed by atoms with Gasteiger partial charge < -0.3 is 35.1 Å². The van der Waals surface area contributed by atoms with Gasteiger partial charge in [0.25, 0.3) is 0 Å². The Morgan fingerprint density at radius 2 is 2.10 bits per heavy atom. The third-order valence-electron chi connectivity index (χ3n) is 4.76. The van der Waals surface area contributed by atoms with Gasteiger partial charge in [-0.2, -0.15) is 0 Å². The van der Waals surface area contributed by atoms with Gasteiger partial charge in [0, 0.05) is 12.4 Å². The molecule has 31 heavy (non-hydrogen) atoms. The molecule has 3 aromatic rings. The van der Waals surface area contributed by atoms with Gasteiger partial charge in [0.05, 0.1) is 42.5 Å². The first-order valence-corrected chi connectivity index (χ1v) is 10.4. The number of benzene rings is 1. The van der Waals surface area contributed by atoms with Crippen molar-refractivity contribution in [3.63, 3.8) is 0 Å². The van der Waals surface area contributed by atoms with E-state index in [0.717, 1.165) is 11.0 Å². The summed E-state index contributed by atoms with van der Waals surface area (Å²) in [5.74, 6) is 0.247. The first-order chi connectivity index (χ1) is 15.1. The van der Waals surface area contributed by atoms with Crippen molar-refractivity contribution in [2.24, 2.45) is 0 Å². The molecule has 0 aliphatic carbocycles. The number of alkyl halides is 1. The lowest BCUT2D eigenvalue weighted by Crippen LogP contribution is -2.57. The molecule has 1 aromatic carbocycles. The Kier molecular flexibility index (Phi) is 8.72. The molecule has 0 radical (unpaired) electrons. The number of H-pyrrole nitrogens is 1. The van der Waals surface area contributed by atoms with E-state index in [1.807, 2.05) is 24.3 Å². The van der Waals surface area contributed by atoms with Crippen LogP contribution in [-0.4, -0.2) is 91.0 Å². The zero-order chi connectivity index (χ0) is 22.2. The first-order valence-electron chi connectivity index (χ1n) is 9.82. The number of nitrogens with zero attached hydrogens (tertiary/aromatic N) is 4. The Morgan fingerprint density at radius 1 is 1.29 bits per heavy atom. The van der Waals surface area contributed by atoms with Gasteiger partial charge in [-0.1, -0.05) is 17.3 Å². The number of rotatable bonds is 7. The number of aromatic nitrogens is 5. The minimum Gasteiger partial charge on any atom is -0.394 e. The van der Waals surface area contributed by atoms with E-state index in [2.05, 4.69) is 25.6 Å². The van der Waals surface area contributed by atoms with Gasteiger partial charge in [0.1, 0.15) is 24.4 Å². The Labute approximate surface area is 184 Å². The highest BCUT2D eigenvalue weighted by atomic mass is 35.5. The highest BCUT2D eigenvalue weighted by molar-refractivity contribution is 6.17. The minimum atomic E-state index is -1.26. The minimum absolute atomic E-state index is 0.196. The summed E-state index contributed by atoms with van der Waals surface area (Å²) in [5, 5.41) is 40.5. The van der Waals surface area contributed by atoms with Crippen molar-refractivity contribution >= 4 is 22.6 Å². The second-order valence-corrected chi connectivity index (χ2v) is 7.27. The molecule has 2 aromatic heterocycles. The molecular formula is C19H27ClN6O5. The molecule has 1 aliphatic rings. The van der Waals surface area contributed by atoms with Crippen molar-refractivity contribution in [2.45, 2.75) is 37.2 Å². The molecule has 1 fully saturated rings. The first kappa shape index (κ1) is 23.5. The van der Waals surface area contributed by atoms with Crippen LogP contribution in [0.5, 0.6) is 0 Å². The topological polar surface area (TPSA) is 151 Å². The van der Waals surface area contributed by atoms with Gasteiger partial charge in [0.15, 0.2) is 6.29 Å². The molecule has 1 aliphatic heterocycles. The lowest BCUT2D eigenvalue weighted by Gasteiger charge is -2.41. The average molecular weight is 455 g/mol. The van der Waals surface area contributed by atoms with E-state index in [9.17, 15) is 15.3 Å². The van der Waals surface area contributed by atoms with Gasteiger partial charge in [-0.05, 0) is 19.2 Å². The van der Waals surface area contributed by atoms with Crippen LogP contribution in [0.2, 0.25) is 0 Å². The van der Waals surface area contributed by atoms with E-state index in [1.54, 1.807) is 19.6 Å². The number of aliphatic hydroxyl groups excluding tert-OH is 3. The molecule has 1 saturated heterocycles. The monoisotopic (exact) mass is 454 g/mol. The van der Waals surface area contributed by atoms with Crippen LogP contribution in [0.4, 0.5) is 0 Å². The molecule has 3 heterocycles. The fraction of sp³-hybridized carbons (Fsp3) is 0.526. The SMILES string of the molecule is CNCc1cn(C2C(OCCCl)OC(CO)C(O)C2O)nn1.c1ccc2[nH]cnc2c1. The summed E-state index contributed by atoms with van der Waals surface area (Å²) in [6, 6.07) is 7.15. The number of nitrogens with one attached hydrogen (secondary N) is 2. The lowest BCUT2D eigenvalue weighted by molar-refractivity contribution is -0.280. The number of para-hydroxylation sites is 2. The molecule has 0 saturated carbocycles. The van der Waals surface area contributed by atoms with Crippen LogP contribution in [0.3, 0.4) is 0 Å². The van der Waals surface area contributed by atoms with E-state index in [0.29, 0.717) is 12.2 Å². The largest absolute Gasteiger partial charge is 0.394 e. The van der Waals surface area contributed by atoms with Crippen LogP contribution in [0, 0.1) is 0 Å². The van der Waals surface area contributed by atoms with Crippen molar-refractivity contribution in [3.05, 3.63) is 42.5 Å². The van der Waals surface area contributed by atoms with E-state index in [4.69, 9.17) is 21.1 Å².